The number of ether oxygens (including phenoxy) is 6. The van der Waals surface area contributed by atoms with Gasteiger partial charge in [0, 0.05) is 0 Å². The lowest BCUT2D eigenvalue weighted by atomic mass is 9.86. The van der Waals surface area contributed by atoms with Crippen molar-refractivity contribution in [2.45, 2.75) is 0 Å². The van der Waals surface area contributed by atoms with Crippen LogP contribution in [0.5, 0.6) is 0 Å². The van der Waals surface area contributed by atoms with Crippen molar-refractivity contribution in [3.63, 3.8) is 0 Å². The highest BCUT2D eigenvalue weighted by molar-refractivity contribution is 6.08. The molecule has 0 N–H and O–H groups in total. The van der Waals surface area contributed by atoms with Crippen molar-refractivity contribution < 1.29 is 47.6 Å². The first kappa shape index (κ1) is 26.2. The van der Waals surface area contributed by atoms with E-state index in [1.54, 1.807) is 0 Å². The molecule has 0 fully saturated rings. The minimum absolute atomic E-state index is 0.00618. The Morgan fingerprint density at radius 1 is 0.588 bits per heavy atom. The third-order valence-electron chi connectivity index (χ3n) is 5.04. The number of hydrogen-bond donors (Lipinski definition) is 0. The molecule has 2 atom stereocenters. The zero-order valence-corrected chi connectivity index (χ0v) is 19.7. The summed E-state index contributed by atoms with van der Waals surface area (Å²) in [4.78, 5) is 50.0. The molecule has 0 saturated heterocycles. The van der Waals surface area contributed by atoms with Gasteiger partial charge < -0.3 is 28.4 Å². The Morgan fingerprint density at radius 3 is 1.06 bits per heavy atom. The molecular weight excluding hydrogens is 448 g/mol. The second-order valence-corrected chi connectivity index (χ2v) is 6.94. The Labute approximate surface area is 196 Å². The van der Waals surface area contributed by atoms with Crippen LogP contribution in [0.1, 0.15) is 0 Å². The maximum Gasteiger partial charge on any atom is 0.313 e. The molecule has 2 aliphatic carbocycles. The van der Waals surface area contributed by atoms with E-state index in [0.717, 1.165) is 0 Å². The number of rotatable bonds is 9. The third-order valence-corrected chi connectivity index (χ3v) is 5.04. The van der Waals surface area contributed by atoms with Gasteiger partial charge in [0.15, 0.2) is 23.0 Å². The summed E-state index contributed by atoms with van der Waals surface area (Å²) in [6, 6.07) is 0. The first-order valence-electron chi connectivity index (χ1n) is 9.95. The van der Waals surface area contributed by atoms with E-state index in [-0.39, 0.29) is 23.0 Å². The topological polar surface area (TPSA) is 124 Å². The van der Waals surface area contributed by atoms with E-state index in [1.165, 1.54) is 79.1 Å². The number of carbonyl (C=O) groups is 4. The van der Waals surface area contributed by atoms with Crippen molar-refractivity contribution >= 4 is 23.5 Å². The van der Waals surface area contributed by atoms with Crippen molar-refractivity contribution in [2.75, 3.05) is 42.7 Å². The summed E-state index contributed by atoms with van der Waals surface area (Å²) in [5.74, 6) is -4.79. The minimum Gasteiger partial charge on any atom is -0.492 e. The molecule has 0 aromatic heterocycles. The van der Waals surface area contributed by atoms with Gasteiger partial charge in [-0.2, -0.15) is 0 Å². The number of methoxy groups -OCH3 is 6. The average molecular weight is 474 g/mol. The molecule has 0 aromatic rings. The van der Waals surface area contributed by atoms with Gasteiger partial charge in [-0.05, 0) is 35.5 Å². The van der Waals surface area contributed by atoms with Gasteiger partial charge in [-0.3, -0.25) is 19.2 Å². The lowest BCUT2D eigenvalue weighted by Gasteiger charge is -2.21. The first-order chi connectivity index (χ1) is 16.2. The highest BCUT2D eigenvalue weighted by atomic mass is 16.5. The molecule has 10 heteroatoms. The largest absolute Gasteiger partial charge is 0.492 e. The molecule has 10 nitrogen and oxygen atoms in total. The number of hydrogen-bond acceptors (Lipinski definition) is 10. The average Bonchev–Trinajstić information content (AvgIpc) is 2.86. The molecule has 2 aliphatic rings. The summed E-state index contributed by atoms with van der Waals surface area (Å²) in [6.07, 6.45) is 8.51. The molecule has 0 saturated carbocycles. The third kappa shape index (κ3) is 5.64. The van der Waals surface area contributed by atoms with Gasteiger partial charge in [-0.25, -0.2) is 0 Å². The van der Waals surface area contributed by atoms with E-state index < -0.39 is 35.3 Å². The van der Waals surface area contributed by atoms with Gasteiger partial charge >= 0.3 is 11.9 Å². The first-order valence-corrected chi connectivity index (χ1v) is 9.95. The van der Waals surface area contributed by atoms with Gasteiger partial charge in [-0.15, -0.1) is 0 Å². The monoisotopic (exact) mass is 474 g/mol. The van der Waals surface area contributed by atoms with Crippen molar-refractivity contribution in [2.24, 2.45) is 11.8 Å². The standard InChI is InChI=1S/C24H26O10/c1-29-17-9-13(10-18(30-2)21(17)25)7-15(23(27)33-5)16(24(28)34-6)8-14-11-19(31-3)22(26)20(12-14)32-4/h7-12,15-16H,1-6H3/t15-,16-/m0/s1. The van der Waals surface area contributed by atoms with E-state index in [9.17, 15) is 19.2 Å². The molecular formula is C24H26O10. The van der Waals surface area contributed by atoms with E-state index >= 15 is 0 Å². The van der Waals surface area contributed by atoms with Crippen molar-refractivity contribution in [1.82, 2.24) is 0 Å². The van der Waals surface area contributed by atoms with Gasteiger partial charge in [0.25, 0.3) is 11.6 Å². The lowest BCUT2D eigenvalue weighted by molar-refractivity contribution is -0.153. The fraction of sp³-hybridized carbons (Fsp3) is 0.333. The number of Topliss-reactive ketones (excluding diaryl/α,β-unsaturated/α-hetero) is 2. The zero-order chi connectivity index (χ0) is 25.4. The van der Waals surface area contributed by atoms with Crippen molar-refractivity contribution in [3.05, 3.63) is 70.6 Å². The number of allylic oxidation sites excluding steroid dienone is 6. The second kappa shape index (κ2) is 11.7. The van der Waals surface area contributed by atoms with Gasteiger partial charge in [-0.1, -0.05) is 12.2 Å². The molecule has 0 bridgehead atoms. The second-order valence-electron chi connectivity index (χ2n) is 6.94. The smallest absolute Gasteiger partial charge is 0.313 e. The zero-order valence-electron chi connectivity index (χ0n) is 19.7. The van der Waals surface area contributed by atoms with Crippen LogP contribution in [0.3, 0.4) is 0 Å². The van der Waals surface area contributed by atoms with Crippen LogP contribution < -0.4 is 0 Å². The summed E-state index contributed by atoms with van der Waals surface area (Å²) < 4.78 is 30.2. The fourth-order valence-electron chi connectivity index (χ4n) is 3.32. The van der Waals surface area contributed by atoms with E-state index in [1.807, 2.05) is 0 Å². The van der Waals surface area contributed by atoms with Gasteiger partial charge in [0.2, 0.25) is 0 Å². The Balaban J connectivity index is 2.65. The van der Waals surface area contributed by atoms with Crippen LogP contribution in [-0.4, -0.2) is 66.2 Å². The van der Waals surface area contributed by atoms with Crippen LogP contribution in [0, 0.1) is 11.8 Å². The lowest BCUT2D eigenvalue weighted by Crippen LogP contribution is -2.30. The van der Waals surface area contributed by atoms with E-state index in [2.05, 4.69) is 0 Å². The summed E-state index contributed by atoms with van der Waals surface area (Å²) >= 11 is 0. The molecule has 0 heterocycles. The molecule has 0 amide bonds. The summed E-state index contributed by atoms with van der Waals surface area (Å²) in [6.45, 7) is 0. The van der Waals surface area contributed by atoms with Crippen molar-refractivity contribution in [3.8, 4) is 0 Å². The molecule has 0 radical (unpaired) electrons. The predicted octanol–water partition coefficient (Wildman–Crippen LogP) is 1.70. The van der Waals surface area contributed by atoms with Crippen LogP contribution in [0.25, 0.3) is 0 Å². The van der Waals surface area contributed by atoms with Crippen LogP contribution in [0.4, 0.5) is 0 Å². The number of esters is 2. The Hall–Kier alpha value is -4.08. The normalized spacial score (nSPS) is 17.2. The van der Waals surface area contributed by atoms with Gasteiger partial charge in [0.05, 0.1) is 54.5 Å². The van der Waals surface area contributed by atoms with Gasteiger partial charge in [0.1, 0.15) is 0 Å². The molecule has 0 spiro atoms. The summed E-state index contributed by atoms with van der Waals surface area (Å²) in [5.41, 5.74) is 0.743. The molecule has 0 aromatic carbocycles. The maximum absolute atomic E-state index is 12.7. The minimum atomic E-state index is -1.17. The predicted molar refractivity (Wildman–Crippen MR) is 118 cm³/mol. The highest BCUT2D eigenvalue weighted by Gasteiger charge is 2.34. The quantitative estimate of drug-likeness (QED) is 0.456. The summed E-state index contributed by atoms with van der Waals surface area (Å²) in [7, 11) is 7.65. The number of carbonyl (C=O) groups excluding carboxylic acids is 4. The van der Waals surface area contributed by atoms with Crippen molar-refractivity contribution in [1.29, 1.82) is 0 Å². The van der Waals surface area contributed by atoms with Crippen LogP contribution in [0.15, 0.2) is 70.6 Å². The molecule has 182 valence electrons. The summed E-state index contributed by atoms with van der Waals surface area (Å²) in [5, 5.41) is 0. The Morgan fingerprint density at radius 2 is 0.853 bits per heavy atom. The molecule has 0 unspecified atom stereocenters. The highest BCUT2D eigenvalue weighted by Crippen LogP contribution is 2.29. The molecule has 0 aliphatic heterocycles. The molecule has 34 heavy (non-hydrogen) atoms. The number of ketones is 2. The fourth-order valence-corrected chi connectivity index (χ4v) is 3.32. The Kier molecular flexibility index (Phi) is 9.00. The van der Waals surface area contributed by atoms with Crippen LogP contribution in [0.2, 0.25) is 0 Å². The van der Waals surface area contributed by atoms with Crippen LogP contribution in [-0.2, 0) is 47.6 Å². The molecule has 2 rings (SSSR count). The SMILES string of the molecule is COC(=O)[C@@H](C=C1C=C(OC)C(=O)C(OC)=C1)[C@H](C=C1C=C(OC)C(=O)C(OC)=C1)C(=O)OC. The maximum atomic E-state index is 12.7. The van der Waals surface area contributed by atoms with Crippen LogP contribution >= 0.6 is 0 Å². The Bertz CT molecular complexity index is 916. The van der Waals surface area contributed by atoms with E-state index in [4.69, 9.17) is 28.4 Å². The van der Waals surface area contributed by atoms with E-state index in [0.29, 0.717) is 11.1 Å².